The number of rotatable bonds is 8. The number of benzene rings is 3. The Morgan fingerprint density at radius 2 is 1.69 bits per heavy atom. The fourth-order valence-electron chi connectivity index (χ4n) is 3.75. The molecule has 4 rings (SSSR count). The molecule has 182 valence electrons. The first-order chi connectivity index (χ1) is 16.8. The number of carbonyl (C=O) groups is 1. The number of fused-ring (bicyclic) bond motifs is 1. The first-order valence-electron chi connectivity index (χ1n) is 11.4. The van der Waals surface area contributed by atoms with Crippen LogP contribution in [-0.4, -0.2) is 40.1 Å². The predicted molar refractivity (Wildman–Crippen MR) is 142 cm³/mol. The molecule has 1 N–H and O–H groups in total. The minimum Gasteiger partial charge on any atom is -0.479 e. The highest BCUT2D eigenvalue weighted by molar-refractivity contribution is 6.35. The number of halogens is 2. The van der Waals surface area contributed by atoms with Crippen LogP contribution in [0.15, 0.2) is 54.6 Å². The summed E-state index contributed by atoms with van der Waals surface area (Å²) in [5.41, 5.74) is 4.95. The number of amides is 1. The SMILES string of the molecule is CCN(CC)c1ccc(-n2nc3cc(C)c(NC(=O)C(C)Oc4ccc(Cl)cc4Cl)cc3n2)cc1. The summed E-state index contributed by atoms with van der Waals surface area (Å²) < 4.78 is 5.73. The third-order valence-electron chi connectivity index (χ3n) is 5.76. The molecule has 0 bridgehead atoms. The Morgan fingerprint density at radius 1 is 1.03 bits per heavy atom. The van der Waals surface area contributed by atoms with Crippen molar-refractivity contribution >= 4 is 51.5 Å². The first-order valence-corrected chi connectivity index (χ1v) is 12.2. The molecule has 1 heterocycles. The van der Waals surface area contributed by atoms with Crippen LogP contribution in [0.5, 0.6) is 5.75 Å². The van der Waals surface area contributed by atoms with Crippen molar-refractivity contribution in [3.63, 3.8) is 0 Å². The Morgan fingerprint density at radius 3 is 2.31 bits per heavy atom. The average Bonchev–Trinajstić information content (AvgIpc) is 3.25. The Labute approximate surface area is 214 Å². The van der Waals surface area contributed by atoms with E-state index in [9.17, 15) is 4.79 Å². The van der Waals surface area contributed by atoms with E-state index in [1.807, 2.05) is 31.2 Å². The van der Waals surface area contributed by atoms with Gasteiger partial charge >= 0.3 is 0 Å². The molecular weight excluding hydrogens is 485 g/mol. The summed E-state index contributed by atoms with van der Waals surface area (Å²) in [6.07, 6.45) is -0.774. The van der Waals surface area contributed by atoms with E-state index in [4.69, 9.17) is 27.9 Å². The van der Waals surface area contributed by atoms with Gasteiger partial charge in [0.05, 0.1) is 10.7 Å². The molecule has 9 heteroatoms. The van der Waals surface area contributed by atoms with Crippen LogP contribution in [0.25, 0.3) is 16.7 Å². The van der Waals surface area contributed by atoms with Crippen LogP contribution < -0.4 is 15.0 Å². The van der Waals surface area contributed by atoms with Crippen LogP contribution in [-0.2, 0) is 4.79 Å². The number of hydrogen-bond donors (Lipinski definition) is 1. The van der Waals surface area contributed by atoms with Crippen molar-refractivity contribution in [3.8, 4) is 11.4 Å². The van der Waals surface area contributed by atoms with E-state index < -0.39 is 6.10 Å². The third-order valence-corrected chi connectivity index (χ3v) is 6.29. The number of carbonyl (C=O) groups excluding carboxylic acids is 1. The number of hydrogen-bond acceptors (Lipinski definition) is 5. The largest absolute Gasteiger partial charge is 0.479 e. The maximum atomic E-state index is 12.8. The van der Waals surface area contributed by atoms with Crippen LogP contribution in [0.4, 0.5) is 11.4 Å². The normalized spacial score (nSPS) is 11.9. The van der Waals surface area contributed by atoms with E-state index in [1.54, 1.807) is 29.9 Å². The molecule has 0 fully saturated rings. The van der Waals surface area contributed by atoms with E-state index in [-0.39, 0.29) is 5.91 Å². The minimum atomic E-state index is -0.774. The van der Waals surface area contributed by atoms with Crippen LogP contribution in [0, 0.1) is 6.92 Å². The zero-order valence-electron chi connectivity index (χ0n) is 20.0. The van der Waals surface area contributed by atoms with E-state index in [2.05, 4.69) is 46.4 Å². The van der Waals surface area contributed by atoms with Crippen molar-refractivity contribution in [1.82, 2.24) is 15.0 Å². The molecule has 0 radical (unpaired) electrons. The van der Waals surface area contributed by atoms with Crippen molar-refractivity contribution in [2.45, 2.75) is 33.8 Å². The van der Waals surface area contributed by atoms with Crippen LogP contribution >= 0.6 is 23.2 Å². The van der Waals surface area contributed by atoms with Crippen LogP contribution in [0.3, 0.4) is 0 Å². The highest BCUT2D eigenvalue weighted by Gasteiger charge is 2.18. The lowest BCUT2D eigenvalue weighted by molar-refractivity contribution is -0.122. The van der Waals surface area contributed by atoms with Crippen molar-refractivity contribution in [3.05, 3.63) is 70.2 Å². The number of ether oxygens (including phenoxy) is 1. The van der Waals surface area contributed by atoms with Gasteiger partial charge in [0.1, 0.15) is 16.8 Å². The van der Waals surface area contributed by atoms with Crippen molar-refractivity contribution in [2.24, 2.45) is 0 Å². The second-order valence-electron chi connectivity index (χ2n) is 8.16. The highest BCUT2D eigenvalue weighted by atomic mass is 35.5. The third kappa shape index (κ3) is 5.52. The number of nitrogens with one attached hydrogen (secondary N) is 1. The van der Waals surface area contributed by atoms with Gasteiger partial charge in [-0.05, 0) is 87.9 Å². The van der Waals surface area contributed by atoms with Gasteiger partial charge in [0.2, 0.25) is 0 Å². The van der Waals surface area contributed by atoms with Gasteiger partial charge in [0.15, 0.2) is 6.10 Å². The standard InChI is InChI=1S/C26H27Cl2N5O2/c1-5-32(6-2)19-8-10-20(11-9-19)33-30-23-13-16(3)22(15-24(23)31-33)29-26(34)17(4)35-25-12-7-18(27)14-21(25)28/h7-15,17H,5-6H2,1-4H3,(H,29,34). The number of aryl methyl sites for hydroxylation is 1. The molecule has 1 unspecified atom stereocenters. The van der Waals surface area contributed by atoms with Crippen molar-refractivity contribution in [2.75, 3.05) is 23.3 Å². The Bertz CT molecular complexity index is 1350. The fourth-order valence-corrected chi connectivity index (χ4v) is 4.21. The van der Waals surface area contributed by atoms with Gasteiger partial charge < -0.3 is 15.0 Å². The number of anilines is 2. The van der Waals surface area contributed by atoms with Gasteiger partial charge in [-0.25, -0.2) is 0 Å². The van der Waals surface area contributed by atoms with E-state index in [0.29, 0.717) is 27.0 Å². The molecule has 7 nitrogen and oxygen atoms in total. The number of aromatic nitrogens is 3. The zero-order valence-corrected chi connectivity index (χ0v) is 21.6. The molecule has 35 heavy (non-hydrogen) atoms. The predicted octanol–water partition coefficient (Wildman–Crippen LogP) is 6.29. The molecule has 0 aliphatic heterocycles. The first kappa shape index (κ1) is 24.8. The smallest absolute Gasteiger partial charge is 0.265 e. The molecule has 0 saturated heterocycles. The lowest BCUT2D eigenvalue weighted by atomic mass is 10.1. The molecule has 1 amide bonds. The van der Waals surface area contributed by atoms with E-state index in [0.717, 1.165) is 35.5 Å². The van der Waals surface area contributed by atoms with Gasteiger partial charge in [-0.15, -0.1) is 10.2 Å². The zero-order chi connectivity index (χ0) is 25.1. The lowest BCUT2D eigenvalue weighted by Crippen LogP contribution is -2.30. The summed E-state index contributed by atoms with van der Waals surface area (Å²) in [4.78, 5) is 16.7. The quantitative estimate of drug-likeness (QED) is 0.301. The molecule has 1 aromatic heterocycles. The molecular formula is C26H27Cl2N5O2. The molecule has 0 aliphatic rings. The van der Waals surface area contributed by atoms with E-state index in [1.165, 1.54) is 0 Å². The van der Waals surface area contributed by atoms with Gasteiger partial charge in [0, 0.05) is 29.5 Å². The second-order valence-corrected chi connectivity index (χ2v) is 9.00. The highest BCUT2D eigenvalue weighted by Crippen LogP contribution is 2.29. The second kappa shape index (κ2) is 10.5. The van der Waals surface area contributed by atoms with Gasteiger partial charge in [-0.1, -0.05) is 23.2 Å². The van der Waals surface area contributed by atoms with Crippen LogP contribution in [0.1, 0.15) is 26.3 Å². The van der Waals surface area contributed by atoms with E-state index >= 15 is 0 Å². The van der Waals surface area contributed by atoms with Crippen LogP contribution in [0.2, 0.25) is 10.0 Å². The van der Waals surface area contributed by atoms with Crippen molar-refractivity contribution in [1.29, 1.82) is 0 Å². The van der Waals surface area contributed by atoms with Gasteiger partial charge in [0.25, 0.3) is 5.91 Å². The summed E-state index contributed by atoms with van der Waals surface area (Å²) in [5.74, 6) is 0.0821. The molecule has 0 aliphatic carbocycles. The minimum absolute atomic E-state index is 0.308. The molecule has 0 spiro atoms. The Kier molecular flexibility index (Phi) is 7.48. The Hall–Kier alpha value is -3.29. The lowest BCUT2D eigenvalue weighted by Gasteiger charge is -2.20. The van der Waals surface area contributed by atoms with Gasteiger partial charge in [-0.2, -0.15) is 4.80 Å². The monoisotopic (exact) mass is 511 g/mol. The molecule has 1 atom stereocenters. The maximum absolute atomic E-state index is 12.8. The summed E-state index contributed by atoms with van der Waals surface area (Å²) in [6.45, 7) is 9.74. The summed E-state index contributed by atoms with van der Waals surface area (Å²) in [7, 11) is 0. The average molecular weight is 512 g/mol. The summed E-state index contributed by atoms with van der Waals surface area (Å²) >= 11 is 12.1. The molecule has 3 aromatic carbocycles. The van der Waals surface area contributed by atoms with Crippen molar-refractivity contribution < 1.29 is 9.53 Å². The molecule has 4 aromatic rings. The number of nitrogens with zero attached hydrogens (tertiary/aromatic N) is 4. The topological polar surface area (TPSA) is 72.3 Å². The fraction of sp³-hybridized carbons (Fsp3) is 0.269. The summed E-state index contributed by atoms with van der Waals surface area (Å²) in [5, 5.41) is 13.0. The van der Waals surface area contributed by atoms with Gasteiger partial charge in [-0.3, -0.25) is 4.79 Å². The molecule has 0 saturated carbocycles. The maximum Gasteiger partial charge on any atom is 0.265 e. The summed E-state index contributed by atoms with van der Waals surface area (Å²) in [6, 6.07) is 16.7. The Balaban J connectivity index is 1.51.